The number of hydrogen-bond donors (Lipinski definition) is 2. The van der Waals surface area contributed by atoms with Gasteiger partial charge in [0.1, 0.15) is 5.75 Å². The van der Waals surface area contributed by atoms with Gasteiger partial charge in [0.25, 0.3) is 5.91 Å². The average molecular weight is 308 g/mol. The summed E-state index contributed by atoms with van der Waals surface area (Å²) in [6.07, 6.45) is -0.392. The normalized spacial score (nSPS) is 11.2. The lowest BCUT2D eigenvalue weighted by Gasteiger charge is -2.12. The molecule has 1 rings (SSSR count). The molecule has 3 amide bonds. The number of esters is 1. The van der Waals surface area contributed by atoms with Gasteiger partial charge in [-0.3, -0.25) is 14.9 Å². The van der Waals surface area contributed by atoms with E-state index in [-0.39, 0.29) is 6.42 Å². The monoisotopic (exact) mass is 308 g/mol. The van der Waals surface area contributed by atoms with Crippen LogP contribution in [0.4, 0.5) is 4.79 Å². The van der Waals surface area contributed by atoms with E-state index in [0.29, 0.717) is 6.42 Å². The number of hydrogen-bond acceptors (Lipinski definition) is 5. The minimum Gasteiger partial charge on any atom is -0.497 e. The van der Waals surface area contributed by atoms with Crippen LogP contribution in [0.3, 0.4) is 0 Å². The van der Waals surface area contributed by atoms with E-state index in [4.69, 9.17) is 9.47 Å². The molecule has 7 heteroatoms. The Hall–Kier alpha value is -2.57. The Morgan fingerprint density at radius 1 is 1.18 bits per heavy atom. The van der Waals surface area contributed by atoms with Crippen molar-refractivity contribution in [2.75, 3.05) is 14.2 Å². The summed E-state index contributed by atoms with van der Waals surface area (Å²) in [4.78, 5) is 34.2. The number of carbonyl (C=O) groups is 3. The number of aryl methyl sites for hydroxylation is 1. The fourth-order valence-corrected chi connectivity index (χ4v) is 1.62. The molecule has 1 aromatic rings. The van der Waals surface area contributed by atoms with Crippen molar-refractivity contribution in [3.05, 3.63) is 29.8 Å². The van der Waals surface area contributed by atoms with E-state index in [0.717, 1.165) is 11.3 Å². The number of carbonyl (C=O) groups excluding carboxylic acids is 3. The van der Waals surface area contributed by atoms with Crippen LogP contribution in [0, 0.1) is 0 Å². The van der Waals surface area contributed by atoms with Gasteiger partial charge in [0, 0.05) is 13.5 Å². The number of rotatable bonds is 6. The van der Waals surface area contributed by atoms with Crippen molar-refractivity contribution in [3.8, 4) is 5.75 Å². The van der Waals surface area contributed by atoms with Crippen molar-refractivity contribution in [1.82, 2.24) is 10.6 Å². The molecule has 7 nitrogen and oxygen atoms in total. The van der Waals surface area contributed by atoms with Crippen molar-refractivity contribution >= 4 is 17.9 Å². The first-order valence-electron chi connectivity index (χ1n) is 6.81. The summed E-state index contributed by atoms with van der Waals surface area (Å²) in [5, 5.41) is 4.28. The highest BCUT2D eigenvalue weighted by Crippen LogP contribution is 2.13. The molecule has 0 unspecified atom stereocenters. The second kappa shape index (κ2) is 8.66. The second-order valence-electron chi connectivity index (χ2n) is 4.55. The number of benzene rings is 1. The summed E-state index contributed by atoms with van der Waals surface area (Å²) in [7, 11) is 2.96. The van der Waals surface area contributed by atoms with E-state index in [1.165, 1.54) is 14.0 Å². The predicted octanol–water partition coefficient (Wildman–Crippen LogP) is 1.02. The van der Waals surface area contributed by atoms with Crippen LogP contribution in [0.2, 0.25) is 0 Å². The van der Waals surface area contributed by atoms with E-state index in [1.54, 1.807) is 19.2 Å². The van der Waals surface area contributed by atoms with Gasteiger partial charge in [0.2, 0.25) is 0 Å². The first-order chi connectivity index (χ1) is 10.5. The van der Waals surface area contributed by atoms with Crippen molar-refractivity contribution in [2.24, 2.45) is 0 Å². The second-order valence-corrected chi connectivity index (χ2v) is 4.55. The summed E-state index contributed by atoms with van der Waals surface area (Å²) in [5.41, 5.74) is 0.959. The molecule has 1 aromatic carbocycles. The van der Waals surface area contributed by atoms with E-state index in [2.05, 4.69) is 5.32 Å². The number of urea groups is 1. The predicted molar refractivity (Wildman–Crippen MR) is 79.5 cm³/mol. The third-order valence-corrected chi connectivity index (χ3v) is 2.92. The van der Waals surface area contributed by atoms with Gasteiger partial charge in [-0.15, -0.1) is 0 Å². The van der Waals surface area contributed by atoms with Crippen molar-refractivity contribution in [3.63, 3.8) is 0 Å². The minimum atomic E-state index is -1.03. The maximum Gasteiger partial charge on any atom is 0.321 e. The molecule has 0 saturated heterocycles. The van der Waals surface area contributed by atoms with Gasteiger partial charge in [-0.25, -0.2) is 4.79 Å². The van der Waals surface area contributed by atoms with Gasteiger partial charge in [-0.05, 0) is 31.0 Å². The molecule has 0 heterocycles. The fraction of sp³-hybridized carbons (Fsp3) is 0.400. The smallest absolute Gasteiger partial charge is 0.321 e. The third-order valence-electron chi connectivity index (χ3n) is 2.92. The lowest BCUT2D eigenvalue weighted by molar-refractivity contribution is -0.154. The SMILES string of the molecule is CNC(=O)NC(=O)[C@@H](C)OC(=O)CCc1ccc(OC)cc1. The first kappa shape index (κ1) is 17.5. The molecule has 22 heavy (non-hydrogen) atoms. The zero-order valence-electron chi connectivity index (χ0n) is 12.8. The minimum absolute atomic E-state index is 0.143. The van der Waals surface area contributed by atoms with Gasteiger partial charge < -0.3 is 14.8 Å². The Morgan fingerprint density at radius 3 is 2.36 bits per heavy atom. The van der Waals surface area contributed by atoms with Gasteiger partial charge in [-0.1, -0.05) is 12.1 Å². The molecule has 120 valence electrons. The van der Waals surface area contributed by atoms with Crippen LogP contribution in [0.1, 0.15) is 18.9 Å². The van der Waals surface area contributed by atoms with Crippen LogP contribution >= 0.6 is 0 Å². The van der Waals surface area contributed by atoms with E-state index >= 15 is 0 Å². The quantitative estimate of drug-likeness (QED) is 0.765. The first-order valence-corrected chi connectivity index (χ1v) is 6.81. The standard InChI is InChI=1S/C15H20N2O5/c1-10(14(19)17-15(20)16-2)22-13(18)9-6-11-4-7-12(21-3)8-5-11/h4-5,7-8,10H,6,9H2,1-3H3,(H2,16,17,19,20)/t10-/m1/s1. The number of imide groups is 1. The van der Waals surface area contributed by atoms with Gasteiger partial charge in [0.05, 0.1) is 7.11 Å². The molecule has 0 fully saturated rings. The highest BCUT2D eigenvalue weighted by atomic mass is 16.5. The molecule has 1 atom stereocenters. The van der Waals surface area contributed by atoms with Crippen LogP contribution in [0.15, 0.2) is 24.3 Å². The average Bonchev–Trinajstić information content (AvgIpc) is 2.53. The third kappa shape index (κ3) is 5.82. The Labute approximate surface area is 129 Å². The number of nitrogens with one attached hydrogen (secondary N) is 2. The van der Waals surface area contributed by atoms with E-state index in [9.17, 15) is 14.4 Å². The van der Waals surface area contributed by atoms with Crippen molar-refractivity contribution in [2.45, 2.75) is 25.9 Å². The topological polar surface area (TPSA) is 93.7 Å². The summed E-state index contributed by atoms with van der Waals surface area (Å²) < 4.78 is 10.0. The molecular weight excluding hydrogens is 288 g/mol. The van der Waals surface area contributed by atoms with Crippen molar-refractivity contribution < 1.29 is 23.9 Å². The molecule has 0 bridgehead atoms. The van der Waals surface area contributed by atoms with Crippen LogP contribution in [0.5, 0.6) is 5.75 Å². The Balaban J connectivity index is 2.38. The lowest BCUT2D eigenvalue weighted by atomic mass is 10.1. The maximum atomic E-state index is 11.7. The largest absolute Gasteiger partial charge is 0.497 e. The van der Waals surface area contributed by atoms with Gasteiger partial charge in [-0.2, -0.15) is 0 Å². The number of ether oxygens (including phenoxy) is 2. The van der Waals surface area contributed by atoms with Gasteiger partial charge >= 0.3 is 12.0 Å². The lowest BCUT2D eigenvalue weighted by Crippen LogP contribution is -2.43. The van der Waals surface area contributed by atoms with E-state index in [1.807, 2.05) is 17.4 Å². The van der Waals surface area contributed by atoms with Crippen LogP contribution in [-0.4, -0.2) is 38.2 Å². The fourth-order valence-electron chi connectivity index (χ4n) is 1.62. The molecule has 0 aromatic heterocycles. The zero-order valence-corrected chi connectivity index (χ0v) is 12.8. The summed E-state index contributed by atoms with van der Waals surface area (Å²) in [6.45, 7) is 1.41. The molecule has 0 radical (unpaired) electrons. The van der Waals surface area contributed by atoms with Gasteiger partial charge in [0.15, 0.2) is 6.10 Å². The molecule has 0 spiro atoms. The molecule has 2 N–H and O–H groups in total. The summed E-state index contributed by atoms with van der Waals surface area (Å²) >= 11 is 0. The highest BCUT2D eigenvalue weighted by molar-refractivity contribution is 5.96. The van der Waals surface area contributed by atoms with Crippen LogP contribution in [-0.2, 0) is 20.7 Å². The zero-order chi connectivity index (χ0) is 16.5. The van der Waals surface area contributed by atoms with Crippen molar-refractivity contribution in [1.29, 1.82) is 0 Å². The summed E-state index contributed by atoms with van der Waals surface area (Å²) in [6, 6.07) is 6.67. The Kier molecular flexibility index (Phi) is 6.88. The summed E-state index contributed by atoms with van der Waals surface area (Å²) in [5.74, 6) is -0.432. The molecular formula is C15H20N2O5. The molecule has 0 aliphatic heterocycles. The molecule has 0 aliphatic rings. The Bertz CT molecular complexity index is 527. The molecule has 0 saturated carbocycles. The highest BCUT2D eigenvalue weighted by Gasteiger charge is 2.19. The van der Waals surface area contributed by atoms with Crippen LogP contribution in [0.25, 0.3) is 0 Å². The Morgan fingerprint density at radius 2 is 1.82 bits per heavy atom. The number of amides is 3. The number of methoxy groups -OCH3 is 1. The molecule has 0 aliphatic carbocycles. The van der Waals surface area contributed by atoms with Crippen LogP contribution < -0.4 is 15.4 Å². The van der Waals surface area contributed by atoms with E-state index < -0.39 is 24.0 Å². The maximum absolute atomic E-state index is 11.7.